The van der Waals surface area contributed by atoms with Gasteiger partial charge in [0.25, 0.3) is 0 Å². The van der Waals surface area contributed by atoms with Crippen LogP contribution in [0.3, 0.4) is 0 Å². The Hall–Kier alpha value is -1.55. The van der Waals surface area contributed by atoms with Crippen molar-refractivity contribution in [2.24, 2.45) is 0 Å². The molecule has 0 spiro atoms. The molecule has 2 aromatic rings. The Labute approximate surface area is 105 Å². The van der Waals surface area contributed by atoms with Gasteiger partial charge in [-0.25, -0.2) is 4.98 Å². The Morgan fingerprint density at radius 3 is 2.71 bits per heavy atom. The highest BCUT2D eigenvalue weighted by Gasteiger charge is 2.09. The molecule has 90 valence electrons. The molecule has 0 aliphatic carbocycles. The normalized spacial score (nSPS) is 10.5. The Kier molecular flexibility index (Phi) is 3.33. The van der Waals surface area contributed by atoms with Crippen molar-refractivity contribution in [2.45, 2.75) is 20.3 Å². The molecule has 4 heteroatoms. The third-order valence-electron chi connectivity index (χ3n) is 2.74. The van der Waals surface area contributed by atoms with Gasteiger partial charge in [0.1, 0.15) is 16.6 Å². The van der Waals surface area contributed by atoms with Crippen LogP contribution in [0.15, 0.2) is 18.2 Å². The molecule has 17 heavy (non-hydrogen) atoms. The van der Waals surface area contributed by atoms with Crippen LogP contribution in [0.5, 0.6) is 5.75 Å². The number of thiazole rings is 1. The van der Waals surface area contributed by atoms with E-state index in [0.29, 0.717) is 5.82 Å². The minimum absolute atomic E-state index is 0.624. The van der Waals surface area contributed by atoms with Crippen molar-refractivity contribution in [3.05, 3.63) is 28.6 Å². The molecule has 0 saturated heterocycles. The van der Waals surface area contributed by atoms with E-state index in [1.807, 2.05) is 19.1 Å². The predicted octanol–water partition coefficient (Wildman–Crippen LogP) is 3.27. The number of anilines is 1. The summed E-state index contributed by atoms with van der Waals surface area (Å²) in [5.74, 6) is 1.55. The number of hydrogen-bond acceptors (Lipinski definition) is 4. The molecule has 3 nitrogen and oxygen atoms in total. The summed E-state index contributed by atoms with van der Waals surface area (Å²) in [6.45, 7) is 4.10. The molecule has 0 radical (unpaired) electrons. The third-order valence-corrected chi connectivity index (χ3v) is 3.78. The number of hydrogen-bond donors (Lipinski definition) is 1. The summed E-state index contributed by atoms with van der Waals surface area (Å²) >= 11 is 1.62. The summed E-state index contributed by atoms with van der Waals surface area (Å²) in [6, 6.07) is 6.13. The van der Waals surface area contributed by atoms with Crippen molar-refractivity contribution in [3.8, 4) is 16.3 Å². The summed E-state index contributed by atoms with van der Waals surface area (Å²) < 4.78 is 5.31. The lowest BCUT2D eigenvalue weighted by atomic mass is 10.1. The van der Waals surface area contributed by atoms with Gasteiger partial charge in [0.15, 0.2) is 0 Å². The average Bonchev–Trinajstić information content (AvgIpc) is 2.68. The minimum atomic E-state index is 0.624. The van der Waals surface area contributed by atoms with Crippen molar-refractivity contribution >= 4 is 17.2 Å². The Bertz CT molecular complexity index is 515. The smallest absolute Gasteiger partial charge is 0.138 e. The number of rotatable bonds is 3. The van der Waals surface area contributed by atoms with Crippen molar-refractivity contribution in [1.29, 1.82) is 0 Å². The lowest BCUT2D eigenvalue weighted by molar-refractivity contribution is 0.410. The van der Waals surface area contributed by atoms with E-state index in [0.717, 1.165) is 27.6 Å². The molecule has 0 saturated carbocycles. The molecule has 1 aromatic heterocycles. The van der Waals surface area contributed by atoms with Crippen molar-refractivity contribution in [1.82, 2.24) is 4.98 Å². The van der Waals surface area contributed by atoms with E-state index in [-0.39, 0.29) is 0 Å². The molecule has 2 rings (SSSR count). The van der Waals surface area contributed by atoms with Crippen molar-refractivity contribution in [3.63, 3.8) is 0 Å². The van der Waals surface area contributed by atoms with Crippen LogP contribution in [0.4, 0.5) is 5.82 Å². The van der Waals surface area contributed by atoms with Gasteiger partial charge in [-0.15, -0.1) is 11.3 Å². The van der Waals surface area contributed by atoms with Crippen LogP contribution in [0.1, 0.15) is 17.4 Å². The first-order chi connectivity index (χ1) is 8.15. The van der Waals surface area contributed by atoms with E-state index in [4.69, 9.17) is 10.5 Å². The molecule has 0 atom stereocenters. The van der Waals surface area contributed by atoms with Crippen LogP contribution >= 0.6 is 11.3 Å². The van der Waals surface area contributed by atoms with E-state index in [1.165, 1.54) is 5.56 Å². The molecule has 0 amide bonds. The largest absolute Gasteiger partial charge is 0.496 e. The molecule has 0 unspecified atom stereocenters. The van der Waals surface area contributed by atoms with E-state index in [1.54, 1.807) is 18.4 Å². The molecule has 1 heterocycles. The lowest BCUT2D eigenvalue weighted by Crippen LogP contribution is -1.91. The maximum atomic E-state index is 5.78. The number of nitrogens with zero attached hydrogens (tertiary/aromatic N) is 1. The summed E-state index contributed by atoms with van der Waals surface area (Å²) in [4.78, 5) is 5.43. The number of methoxy groups -OCH3 is 1. The second-order valence-electron chi connectivity index (χ2n) is 3.84. The van der Waals surface area contributed by atoms with Crippen molar-refractivity contribution in [2.75, 3.05) is 12.8 Å². The number of benzene rings is 1. The summed E-state index contributed by atoms with van der Waals surface area (Å²) in [7, 11) is 1.69. The molecule has 2 N–H and O–H groups in total. The highest BCUT2D eigenvalue weighted by atomic mass is 32.1. The Balaban J connectivity index is 2.46. The number of aromatic nitrogens is 1. The first kappa shape index (κ1) is 11.9. The van der Waals surface area contributed by atoms with Crippen LogP contribution in [-0.2, 0) is 6.42 Å². The fourth-order valence-corrected chi connectivity index (χ4v) is 2.55. The van der Waals surface area contributed by atoms with E-state index in [9.17, 15) is 0 Å². The second-order valence-corrected chi connectivity index (χ2v) is 5.04. The number of ether oxygens (including phenoxy) is 1. The summed E-state index contributed by atoms with van der Waals surface area (Å²) in [5.41, 5.74) is 8.07. The van der Waals surface area contributed by atoms with Gasteiger partial charge in [-0.2, -0.15) is 0 Å². The van der Waals surface area contributed by atoms with E-state index in [2.05, 4.69) is 18.0 Å². The van der Waals surface area contributed by atoms with Crippen LogP contribution in [0.2, 0.25) is 0 Å². The molecule has 0 aliphatic heterocycles. The molecule has 0 fully saturated rings. The van der Waals surface area contributed by atoms with Gasteiger partial charge in [-0.3, -0.25) is 0 Å². The third kappa shape index (κ3) is 2.26. The quantitative estimate of drug-likeness (QED) is 0.906. The molecular weight excluding hydrogens is 232 g/mol. The zero-order chi connectivity index (χ0) is 12.4. The highest BCUT2D eigenvalue weighted by molar-refractivity contribution is 7.15. The monoisotopic (exact) mass is 248 g/mol. The van der Waals surface area contributed by atoms with Gasteiger partial charge < -0.3 is 10.5 Å². The number of nitrogen functional groups attached to an aromatic ring is 1. The van der Waals surface area contributed by atoms with Gasteiger partial charge in [0.2, 0.25) is 0 Å². The second kappa shape index (κ2) is 4.75. The van der Waals surface area contributed by atoms with Gasteiger partial charge in [0, 0.05) is 10.4 Å². The fourth-order valence-electron chi connectivity index (χ4n) is 1.72. The fraction of sp³-hybridized carbons (Fsp3) is 0.308. The predicted molar refractivity (Wildman–Crippen MR) is 72.6 cm³/mol. The standard InChI is InChI=1S/C13H16N2OS/c1-4-9-7-10(5-6-11(9)16-3)13-15-12(14)8(2)17-13/h5-7H,4,14H2,1-3H3. The van der Waals surface area contributed by atoms with Crippen LogP contribution in [-0.4, -0.2) is 12.1 Å². The molecule has 0 aliphatic rings. The van der Waals surface area contributed by atoms with Gasteiger partial charge >= 0.3 is 0 Å². The van der Waals surface area contributed by atoms with E-state index >= 15 is 0 Å². The zero-order valence-corrected chi connectivity index (χ0v) is 11.1. The lowest BCUT2D eigenvalue weighted by Gasteiger charge is -2.07. The topological polar surface area (TPSA) is 48.1 Å². The number of nitrogens with two attached hydrogens (primary N) is 1. The van der Waals surface area contributed by atoms with E-state index < -0.39 is 0 Å². The maximum absolute atomic E-state index is 5.78. The molecule has 1 aromatic carbocycles. The van der Waals surface area contributed by atoms with Gasteiger partial charge in [-0.1, -0.05) is 6.92 Å². The SMILES string of the molecule is CCc1cc(-c2nc(N)c(C)s2)ccc1OC. The van der Waals surface area contributed by atoms with Crippen LogP contribution in [0.25, 0.3) is 10.6 Å². The maximum Gasteiger partial charge on any atom is 0.138 e. The zero-order valence-electron chi connectivity index (χ0n) is 10.3. The first-order valence-electron chi connectivity index (χ1n) is 5.56. The van der Waals surface area contributed by atoms with Gasteiger partial charge in [-0.05, 0) is 37.1 Å². The first-order valence-corrected chi connectivity index (χ1v) is 6.37. The van der Waals surface area contributed by atoms with Crippen molar-refractivity contribution < 1.29 is 4.74 Å². The summed E-state index contributed by atoms with van der Waals surface area (Å²) in [6.07, 6.45) is 0.941. The summed E-state index contributed by atoms with van der Waals surface area (Å²) in [5, 5.41) is 0.970. The molecular formula is C13H16N2OS. The van der Waals surface area contributed by atoms with Crippen LogP contribution < -0.4 is 10.5 Å². The van der Waals surface area contributed by atoms with Crippen LogP contribution in [0, 0.1) is 6.92 Å². The average molecular weight is 248 g/mol. The minimum Gasteiger partial charge on any atom is -0.496 e. The van der Waals surface area contributed by atoms with Gasteiger partial charge in [0.05, 0.1) is 7.11 Å². The Morgan fingerprint density at radius 1 is 1.41 bits per heavy atom. The highest BCUT2D eigenvalue weighted by Crippen LogP contribution is 2.32. The molecule has 0 bridgehead atoms. The number of aryl methyl sites for hydroxylation is 2. The Morgan fingerprint density at radius 2 is 2.18 bits per heavy atom.